The Balaban J connectivity index is 2.06. The van der Waals surface area contributed by atoms with E-state index in [0.29, 0.717) is 13.0 Å². The second-order valence-corrected chi connectivity index (χ2v) is 6.99. The van der Waals surface area contributed by atoms with Crippen molar-refractivity contribution in [3.05, 3.63) is 35.9 Å². The lowest BCUT2D eigenvalue weighted by Gasteiger charge is -2.28. The average molecular weight is 307 g/mol. The number of epoxide rings is 1. The van der Waals surface area contributed by atoms with Crippen LogP contribution in [0.5, 0.6) is 0 Å². The van der Waals surface area contributed by atoms with Gasteiger partial charge in [0, 0.05) is 0 Å². The summed E-state index contributed by atoms with van der Waals surface area (Å²) in [7, 11) is 0. The average Bonchev–Trinajstić information content (AvgIpc) is 3.15. The summed E-state index contributed by atoms with van der Waals surface area (Å²) < 4.78 is 10.6. The summed E-state index contributed by atoms with van der Waals surface area (Å²) in [5.41, 5.74) is -0.132. The number of ether oxygens (including phenoxy) is 2. The molecule has 0 saturated carbocycles. The minimum Gasteiger partial charge on any atom is -0.444 e. The van der Waals surface area contributed by atoms with Gasteiger partial charge in [0.1, 0.15) is 17.3 Å². The largest absolute Gasteiger partial charge is 0.444 e. The van der Waals surface area contributed by atoms with Crippen LogP contribution in [0.15, 0.2) is 30.3 Å². The summed E-state index contributed by atoms with van der Waals surface area (Å²) >= 11 is 0. The highest BCUT2D eigenvalue weighted by Gasteiger charge is 2.50. The molecule has 1 aromatic rings. The van der Waals surface area contributed by atoms with E-state index in [1.807, 2.05) is 37.3 Å². The Labute approximate surface area is 131 Å². The summed E-state index contributed by atoms with van der Waals surface area (Å²) in [6.45, 7) is 7.75. The van der Waals surface area contributed by atoms with Gasteiger partial charge in [0.25, 0.3) is 0 Å². The molecule has 0 aromatic heterocycles. The van der Waals surface area contributed by atoms with Crippen LogP contribution in [0.3, 0.4) is 0 Å². The highest BCUT2D eigenvalue weighted by molar-refractivity contribution is 5.68. The Morgan fingerprint density at radius 1 is 1.41 bits per heavy atom. The maximum absolute atomic E-state index is 12.0. The number of benzene rings is 1. The third-order valence-electron chi connectivity index (χ3n) is 3.61. The smallest absolute Gasteiger partial charge is 0.407 e. The van der Waals surface area contributed by atoms with Crippen LogP contribution in [0.2, 0.25) is 0 Å². The van der Waals surface area contributed by atoms with Gasteiger partial charge in [0.15, 0.2) is 0 Å². The predicted molar refractivity (Wildman–Crippen MR) is 83.7 cm³/mol. The van der Waals surface area contributed by atoms with Crippen molar-refractivity contribution < 1.29 is 19.4 Å². The highest BCUT2D eigenvalue weighted by atomic mass is 16.6. The van der Waals surface area contributed by atoms with Crippen LogP contribution in [0.1, 0.15) is 33.3 Å². The van der Waals surface area contributed by atoms with E-state index < -0.39 is 29.4 Å². The van der Waals surface area contributed by atoms with Gasteiger partial charge in [0.2, 0.25) is 0 Å². The molecule has 0 aliphatic carbocycles. The topological polar surface area (TPSA) is 71.1 Å². The van der Waals surface area contributed by atoms with Crippen LogP contribution in [0, 0.1) is 0 Å². The third kappa shape index (κ3) is 4.71. The summed E-state index contributed by atoms with van der Waals surface area (Å²) in [6.07, 6.45) is -0.808. The fraction of sp³-hybridized carbons (Fsp3) is 0.588. The van der Waals surface area contributed by atoms with E-state index in [-0.39, 0.29) is 0 Å². The van der Waals surface area contributed by atoms with Crippen LogP contribution in [-0.4, -0.2) is 41.2 Å². The molecule has 1 saturated heterocycles. The van der Waals surface area contributed by atoms with Crippen molar-refractivity contribution in [3.8, 4) is 0 Å². The maximum Gasteiger partial charge on any atom is 0.407 e. The van der Waals surface area contributed by atoms with E-state index in [2.05, 4.69) is 5.32 Å². The fourth-order valence-corrected chi connectivity index (χ4v) is 2.28. The zero-order valence-corrected chi connectivity index (χ0v) is 13.6. The lowest BCUT2D eigenvalue weighted by Crippen LogP contribution is -2.51. The lowest BCUT2D eigenvalue weighted by molar-refractivity contribution is 0.0268. The molecule has 2 N–H and O–H groups in total. The molecule has 0 bridgehead atoms. The minimum atomic E-state index is -0.791. The van der Waals surface area contributed by atoms with Gasteiger partial charge in [-0.1, -0.05) is 30.3 Å². The number of carbonyl (C=O) groups excluding carboxylic acids is 1. The Hall–Kier alpha value is -1.59. The SMILES string of the molecule is CC(C)(C)OC(=O)N[C@@H](Cc1ccccc1)[C@@H](O)[C@@]1(C)CO1. The van der Waals surface area contributed by atoms with E-state index in [4.69, 9.17) is 9.47 Å². The zero-order chi connectivity index (χ0) is 16.4. The number of aliphatic hydroxyl groups is 1. The van der Waals surface area contributed by atoms with Gasteiger partial charge in [-0.05, 0) is 39.7 Å². The van der Waals surface area contributed by atoms with Gasteiger partial charge in [-0.3, -0.25) is 0 Å². The Morgan fingerprint density at radius 2 is 2.00 bits per heavy atom. The van der Waals surface area contributed by atoms with Gasteiger partial charge in [-0.2, -0.15) is 0 Å². The molecule has 1 amide bonds. The molecule has 0 spiro atoms. The van der Waals surface area contributed by atoms with Gasteiger partial charge < -0.3 is 19.9 Å². The number of hydrogen-bond donors (Lipinski definition) is 2. The number of hydrogen-bond acceptors (Lipinski definition) is 4. The first-order valence-corrected chi connectivity index (χ1v) is 7.55. The van der Waals surface area contributed by atoms with Crippen LogP contribution in [0.4, 0.5) is 4.79 Å². The second kappa shape index (κ2) is 6.26. The molecule has 3 atom stereocenters. The van der Waals surface area contributed by atoms with Crippen LogP contribution in [-0.2, 0) is 15.9 Å². The third-order valence-corrected chi connectivity index (χ3v) is 3.61. The minimum absolute atomic E-state index is 0.468. The van der Waals surface area contributed by atoms with Gasteiger partial charge in [-0.15, -0.1) is 0 Å². The van der Waals surface area contributed by atoms with E-state index in [1.165, 1.54) is 0 Å². The quantitative estimate of drug-likeness (QED) is 0.819. The first kappa shape index (κ1) is 16.8. The molecule has 5 nitrogen and oxygen atoms in total. The van der Waals surface area contributed by atoms with Crippen LogP contribution < -0.4 is 5.32 Å². The van der Waals surface area contributed by atoms with Gasteiger partial charge in [-0.25, -0.2) is 4.79 Å². The van der Waals surface area contributed by atoms with E-state index in [9.17, 15) is 9.90 Å². The molecule has 1 aromatic carbocycles. The summed E-state index contributed by atoms with van der Waals surface area (Å²) in [5.74, 6) is 0. The molecule has 122 valence electrons. The molecule has 0 radical (unpaired) electrons. The van der Waals surface area contributed by atoms with Gasteiger partial charge >= 0.3 is 6.09 Å². The summed E-state index contributed by atoms with van der Waals surface area (Å²) in [6, 6.07) is 9.26. The van der Waals surface area contributed by atoms with Crippen molar-refractivity contribution in [1.29, 1.82) is 0 Å². The molecule has 2 rings (SSSR count). The Bertz CT molecular complexity index is 505. The molecule has 22 heavy (non-hydrogen) atoms. The molecule has 1 heterocycles. The number of carbonyl (C=O) groups is 1. The van der Waals surface area contributed by atoms with Crippen molar-refractivity contribution in [1.82, 2.24) is 5.32 Å². The first-order chi connectivity index (χ1) is 10.2. The molecule has 1 fully saturated rings. The predicted octanol–water partition coefficient (Wildman–Crippen LogP) is 2.27. The highest BCUT2D eigenvalue weighted by Crippen LogP contribution is 2.32. The van der Waals surface area contributed by atoms with Crippen molar-refractivity contribution in [2.45, 2.75) is 57.5 Å². The number of aliphatic hydroxyl groups excluding tert-OH is 1. The molecule has 5 heteroatoms. The monoisotopic (exact) mass is 307 g/mol. The Kier molecular flexibility index (Phi) is 4.78. The van der Waals surface area contributed by atoms with E-state index in [0.717, 1.165) is 5.56 Å². The molecule has 1 aliphatic rings. The first-order valence-electron chi connectivity index (χ1n) is 7.55. The number of alkyl carbamates (subject to hydrolysis) is 1. The van der Waals surface area contributed by atoms with Crippen molar-refractivity contribution >= 4 is 6.09 Å². The van der Waals surface area contributed by atoms with Crippen LogP contribution >= 0.6 is 0 Å². The lowest BCUT2D eigenvalue weighted by atomic mass is 9.93. The number of rotatable bonds is 5. The van der Waals surface area contributed by atoms with E-state index >= 15 is 0 Å². The van der Waals surface area contributed by atoms with Crippen molar-refractivity contribution in [3.63, 3.8) is 0 Å². The number of nitrogens with one attached hydrogen (secondary N) is 1. The molecular weight excluding hydrogens is 282 g/mol. The van der Waals surface area contributed by atoms with E-state index in [1.54, 1.807) is 20.8 Å². The number of amides is 1. The van der Waals surface area contributed by atoms with Gasteiger partial charge in [0.05, 0.1) is 12.6 Å². The zero-order valence-electron chi connectivity index (χ0n) is 13.6. The van der Waals surface area contributed by atoms with Crippen LogP contribution in [0.25, 0.3) is 0 Å². The summed E-state index contributed by atoms with van der Waals surface area (Å²) in [5, 5.41) is 13.3. The maximum atomic E-state index is 12.0. The molecular formula is C17H25NO4. The normalized spacial score (nSPS) is 23.5. The Morgan fingerprint density at radius 3 is 2.50 bits per heavy atom. The fourth-order valence-electron chi connectivity index (χ4n) is 2.28. The molecule has 1 aliphatic heterocycles. The second-order valence-electron chi connectivity index (χ2n) is 6.99. The van der Waals surface area contributed by atoms with Crippen molar-refractivity contribution in [2.24, 2.45) is 0 Å². The summed E-state index contributed by atoms with van der Waals surface area (Å²) in [4.78, 5) is 12.0. The standard InChI is InChI=1S/C17H25NO4/c1-16(2,3)22-15(20)18-13(14(19)17(4)11-21-17)10-12-8-6-5-7-9-12/h5-9,13-14,19H,10-11H2,1-4H3,(H,18,20)/t13-,14+,17+/m0/s1. The van der Waals surface area contributed by atoms with Crippen molar-refractivity contribution in [2.75, 3.05) is 6.61 Å². The molecule has 0 unspecified atom stereocenters.